The highest BCUT2D eigenvalue weighted by Crippen LogP contribution is 2.51. The van der Waals surface area contributed by atoms with Crippen molar-refractivity contribution in [3.63, 3.8) is 0 Å². The lowest BCUT2D eigenvalue weighted by Gasteiger charge is -2.40. The second-order valence-electron chi connectivity index (χ2n) is 11.8. The van der Waals surface area contributed by atoms with Crippen molar-refractivity contribution in [1.82, 2.24) is 4.98 Å². The third kappa shape index (κ3) is 5.82. The minimum Gasteiger partial charge on any atom is -0.373 e. The van der Waals surface area contributed by atoms with E-state index in [1.807, 2.05) is 151 Å². The number of hydrogen-bond acceptors (Lipinski definition) is 6. The van der Waals surface area contributed by atoms with Gasteiger partial charge in [0.2, 0.25) is 0 Å². The molecule has 0 aliphatic heterocycles. The highest BCUT2D eigenvalue weighted by atomic mass is 32.1. The first-order valence-electron chi connectivity index (χ1n) is 16.1. The largest absolute Gasteiger partial charge is 0.373 e. The van der Waals surface area contributed by atoms with E-state index in [-0.39, 0.29) is 0 Å². The van der Waals surface area contributed by atoms with Gasteiger partial charge in [0.15, 0.2) is 5.13 Å². The fourth-order valence-electron chi connectivity index (χ4n) is 7.11. The van der Waals surface area contributed by atoms with E-state index in [0.29, 0.717) is 10.8 Å². The Morgan fingerprint density at radius 2 is 0.878 bits per heavy atom. The highest BCUT2D eigenvalue weighted by molar-refractivity contribution is 7.13. The lowest BCUT2D eigenvalue weighted by atomic mass is 9.61. The van der Waals surface area contributed by atoms with Gasteiger partial charge in [-0.25, -0.2) is 9.78 Å². The molecule has 5 nitrogen and oxygen atoms in total. The maximum Gasteiger partial charge on any atom is 0.335 e. The molecule has 6 heteroatoms. The van der Waals surface area contributed by atoms with E-state index in [2.05, 4.69) is 41.7 Å². The number of carbonyl (C=O) groups excluding carboxylic acids is 1. The van der Waals surface area contributed by atoms with Crippen molar-refractivity contribution in [2.45, 2.75) is 16.9 Å². The summed E-state index contributed by atoms with van der Waals surface area (Å²) in [5.74, 6) is 4.27. The van der Waals surface area contributed by atoms with Crippen molar-refractivity contribution in [2.75, 3.05) is 5.32 Å². The Morgan fingerprint density at radius 3 is 1.20 bits per heavy atom. The van der Waals surface area contributed by atoms with Gasteiger partial charge in [-0.15, -0.1) is 11.3 Å². The third-order valence-electron chi connectivity index (χ3n) is 9.20. The van der Waals surface area contributed by atoms with E-state index in [1.165, 1.54) is 11.3 Å². The van der Waals surface area contributed by atoms with Gasteiger partial charge in [-0.1, -0.05) is 182 Å². The van der Waals surface area contributed by atoms with Crippen LogP contribution < -0.4 is 11.2 Å². The van der Waals surface area contributed by atoms with Crippen LogP contribution in [0.15, 0.2) is 187 Å². The average Bonchev–Trinajstić information content (AvgIpc) is 3.65. The number of aromatic nitrogens is 1. The first-order valence-corrected chi connectivity index (χ1v) is 17.0. The molecule has 0 amide bonds. The Kier molecular flexibility index (Phi) is 9.15. The molecule has 0 bridgehead atoms. The summed E-state index contributed by atoms with van der Waals surface area (Å²) in [6, 6.07) is 61.3. The summed E-state index contributed by atoms with van der Waals surface area (Å²) >= 11 is 1.45. The highest BCUT2D eigenvalue weighted by Gasteiger charge is 2.50. The fraction of sp³-hybridized carbons (Fsp3) is 0.0698. The molecule has 7 aromatic rings. The molecule has 1 atom stereocenters. The van der Waals surface area contributed by atoms with Crippen molar-refractivity contribution in [1.29, 1.82) is 0 Å². The lowest BCUT2D eigenvalue weighted by Crippen LogP contribution is -2.42. The number of nitrogens with one attached hydrogen (secondary N) is 1. The number of anilines is 1. The molecule has 0 saturated heterocycles. The minimum atomic E-state index is -1.03. The van der Waals surface area contributed by atoms with Crippen LogP contribution in [0.2, 0.25) is 0 Å². The van der Waals surface area contributed by atoms with Crippen molar-refractivity contribution in [3.05, 3.63) is 226 Å². The molecular weight excluding hydrogens is 623 g/mol. The van der Waals surface area contributed by atoms with Crippen LogP contribution in [-0.2, 0) is 20.6 Å². The topological polar surface area (TPSA) is 77.2 Å². The van der Waals surface area contributed by atoms with Crippen LogP contribution >= 0.6 is 11.3 Å². The maximum atomic E-state index is 14.2. The van der Waals surface area contributed by atoms with Crippen LogP contribution in [0.25, 0.3) is 0 Å². The summed E-state index contributed by atoms with van der Waals surface area (Å²) < 4.78 is 0. The standard InChI is InChI=1S/C43H35N3O2S/c44-48-40(47)39(42(32-19-7-1-8-20-32,33-21-9-2-10-22-33)34-23-11-3-12-24-34)38-31-49-41(45-38)46-43(35-25-13-4-14-26-35,36-27-15-5-16-28-36)37-29-17-6-18-30-37/h1-31,39H,44H2,(H,45,46). The zero-order valence-corrected chi connectivity index (χ0v) is 27.5. The quantitative estimate of drug-likeness (QED) is 0.107. The Balaban J connectivity index is 1.46. The Bertz CT molecular complexity index is 1900. The SMILES string of the molecule is NOC(=O)C(c1csc(NC(c2ccccc2)(c2ccccc2)c2ccccc2)n1)C(c1ccccc1)(c1ccccc1)c1ccccc1. The number of benzene rings is 6. The van der Waals surface area contributed by atoms with Gasteiger partial charge in [-0.3, -0.25) is 0 Å². The summed E-state index contributed by atoms with van der Waals surface area (Å²) in [5.41, 5.74) is 4.62. The first kappa shape index (κ1) is 31.8. The zero-order valence-electron chi connectivity index (χ0n) is 26.7. The van der Waals surface area contributed by atoms with Gasteiger partial charge in [0, 0.05) is 5.38 Å². The lowest BCUT2D eigenvalue weighted by molar-refractivity contribution is -0.147. The van der Waals surface area contributed by atoms with Crippen LogP contribution in [0.1, 0.15) is 45.0 Å². The number of nitrogens with zero attached hydrogens (tertiary/aromatic N) is 1. The van der Waals surface area contributed by atoms with Crippen LogP contribution in [-0.4, -0.2) is 11.0 Å². The molecule has 0 radical (unpaired) electrons. The minimum absolute atomic E-state index is 0.544. The first-order chi connectivity index (χ1) is 24.2. The number of nitrogens with two attached hydrogens (primary N) is 1. The molecule has 1 heterocycles. The van der Waals surface area contributed by atoms with E-state index in [1.54, 1.807) is 0 Å². The van der Waals surface area contributed by atoms with Crippen molar-refractivity contribution >= 4 is 22.4 Å². The predicted octanol–water partition coefficient (Wildman–Crippen LogP) is 9.08. The molecular formula is C43H35N3O2S. The van der Waals surface area contributed by atoms with Gasteiger partial charge in [-0.05, 0) is 33.4 Å². The van der Waals surface area contributed by atoms with Gasteiger partial charge < -0.3 is 10.2 Å². The van der Waals surface area contributed by atoms with E-state index in [4.69, 9.17) is 15.7 Å². The van der Waals surface area contributed by atoms with Crippen LogP contribution in [0, 0.1) is 0 Å². The zero-order chi connectivity index (χ0) is 33.5. The fourth-order valence-corrected chi connectivity index (χ4v) is 7.90. The molecule has 1 unspecified atom stereocenters. The molecule has 3 N–H and O–H groups in total. The van der Waals surface area contributed by atoms with Gasteiger partial charge in [-0.2, -0.15) is 5.90 Å². The van der Waals surface area contributed by atoms with Gasteiger partial charge in [0.1, 0.15) is 11.5 Å². The van der Waals surface area contributed by atoms with E-state index in [0.717, 1.165) is 33.4 Å². The summed E-state index contributed by atoms with van der Waals surface area (Å²) in [5, 5.41) is 6.46. The summed E-state index contributed by atoms with van der Waals surface area (Å²) in [4.78, 5) is 24.6. The molecule has 1 aromatic heterocycles. The molecule has 0 aliphatic rings. The molecule has 0 fully saturated rings. The molecule has 49 heavy (non-hydrogen) atoms. The van der Waals surface area contributed by atoms with Crippen LogP contribution in [0.3, 0.4) is 0 Å². The average molecular weight is 658 g/mol. The molecule has 0 aliphatic carbocycles. The predicted molar refractivity (Wildman–Crippen MR) is 197 cm³/mol. The van der Waals surface area contributed by atoms with Gasteiger partial charge >= 0.3 is 5.97 Å². The molecule has 6 aromatic carbocycles. The number of thiazole rings is 1. The Morgan fingerprint density at radius 1 is 0.551 bits per heavy atom. The van der Waals surface area contributed by atoms with Gasteiger partial charge in [0.25, 0.3) is 0 Å². The number of rotatable bonds is 11. The van der Waals surface area contributed by atoms with Gasteiger partial charge in [0.05, 0.1) is 11.1 Å². The number of hydrogen-bond donors (Lipinski definition) is 2. The summed E-state index contributed by atoms with van der Waals surface area (Å²) in [6.45, 7) is 0. The van der Waals surface area contributed by atoms with Crippen LogP contribution in [0.5, 0.6) is 0 Å². The van der Waals surface area contributed by atoms with Crippen molar-refractivity contribution in [2.24, 2.45) is 5.90 Å². The van der Waals surface area contributed by atoms with Crippen LogP contribution in [0.4, 0.5) is 5.13 Å². The molecule has 240 valence electrons. The summed E-state index contributed by atoms with van der Waals surface area (Å²) in [6.07, 6.45) is 0. The Hall–Kier alpha value is -5.82. The van der Waals surface area contributed by atoms with E-state index in [9.17, 15) is 4.79 Å². The Labute approximate surface area is 290 Å². The normalized spacial score (nSPS) is 12.2. The summed E-state index contributed by atoms with van der Waals surface area (Å²) in [7, 11) is 0. The second kappa shape index (κ2) is 14.1. The monoisotopic (exact) mass is 657 g/mol. The van der Waals surface area contributed by atoms with E-state index < -0.39 is 22.8 Å². The smallest absolute Gasteiger partial charge is 0.335 e. The second-order valence-corrected chi connectivity index (χ2v) is 12.7. The number of carbonyl (C=O) groups is 1. The van der Waals surface area contributed by atoms with E-state index >= 15 is 0 Å². The third-order valence-corrected chi connectivity index (χ3v) is 9.98. The molecule has 0 spiro atoms. The van der Waals surface area contributed by atoms with Crippen molar-refractivity contribution < 1.29 is 9.63 Å². The van der Waals surface area contributed by atoms with Crippen molar-refractivity contribution in [3.8, 4) is 0 Å². The molecule has 0 saturated carbocycles. The maximum absolute atomic E-state index is 14.2. The molecule has 7 rings (SSSR count).